The Morgan fingerprint density at radius 3 is 3.14 bits per heavy atom. The smallest absolute Gasteiger partial charge is 0.325 e. The first kappa shape index (κ1) is 14.4. The number of aryl methyl sites for hydroxylation is 1. The van der Waals surface area contributed by atoms with Crippen LogP contribution in [0.2, 0.25) is 0 Å². The Morgan fingerprint density at radius 1 is 1.57 bits per heavy atom. The molecule has 112 valence electrons. The summed E-state index contributed by atoms with van der Waals surface area (Å²) in [5.74, 6) is -0.314. The summed E-state index contributed by atoms with van der Waals surface area (Å²) in [4.78, 5) is 19.6. The van der Waals surface area contributed by atoms with Crippen LogP contribution in [-0.4, -0.2) is 33.8 Å². The number of aromatic amines is 1. The van der Waals surface area contributed by atoms with Crippen molar-refractivity contribution in [1.82, 2.24) is 9.97 Å². The molecule has 1 heterocycles. The quantitative estimate of drug-likeness (QED) is 0.851. The number of rotatable bonds is 3. The number of fused-ring (bicyclic) bond motifs is 1. The van der Waals surface area contributed by atoms with Gasteiger partial charge < -0.3 is 15.5 Å². The molecule has 21 heavy (non-hydrogen) atoms. The van der Waals surface area contributed by atoms with Crippen LogP contribution in [0.25, 0.3) is 11.0 Å². The van der Waals surface area contributed by atoms with E-state index in [1.165, 1.54) is 12.7 Å². The van der Waals surface area contributed by atoms with E-state index in [2.05, 4.69) is 29.0 Å². The van der Waals surface area contributed by atoms with E-state index >= 15 is 0 Å². The molecule has 1 saturated carbocycles. The third-order valence-corrected chi connectivity index (χ3v) is 5.14. The molecule has 3 rings (SSSR count). The number of aromatic nitrogens is 2. The van der Waals surface area contributed by atoms with E-state index in [9.17, 15) is 4.79 Å². The molecule has 1 aliphatic rings. The van der Waals surface area contributed by atoms with Crippen LogP contribution < -0.4 is 5.73 Å². The summed E-state index contributed by atoms with van der Waals surface area (Å²) in [5.41, 5.74) is 8.51. The molecule has 6 heteroatoms. The third kappa shape index (κ3) is 2.78. The van der Waals surface area contributed by atoms with Crippen molar-refractivity contribution < 1.29 is 9.53 Å². The number of methoxy groups -OCH3 is 1. The first-order valence-corrected chi connectivity index (χ1v) is 7.88. The second-order valence-corrected chi connectivity index (χ2v) is 6.98. The van der Waals surface area contributed by atoms with Gasteiger partial charge in [0.1, 0.15) is 5.54 Å². The highest BCUT2D eigenvalue weighted by atomic mass is 32.2. The van der Waals surface area contributed by atoms with E-state index in [-0.39, 0.29) is 11.2 Å². The fraction of sp³-hybridized carbons (Fsp3) is 0.467. The molecule has 2 unspecified atom stereocenters. The van der Waals surface area contributed by atoms with Crippen molar-refractivity contribution in [2.24, 2.45) is 5.73 Å². The van der Waals surface area contributed by atoms with Gasteiger partial charge in [0.05, 0.1) is 18.1 Å². The minimum Gasteiger partial charge on any atom is -0.468 e. The lowest BCUT2D eigenvalue weighted by Gasteiger charge is -2.20. The number of thioether (sulfide) groups is 1. The highest BCUT2D eigenvalue weighted by Crippen LogP contribution is 2.39. The maximum Gasteiger partial charge on any atom is 0.325 e. The Hall–Kier alpha value is -1.53. The van der Waals surface area contributed by atoms with Crippen LogP contribution in [0.1, 0.15) is 24.8 Å². The van der Waals surface area contributed by atoms with Crippen molar-refractivity contribution in [3.63, 3.8) is 0 Å². The molecule has 0 amide bonds. The number of nitrogens with two attached hydrogens (primary N) is 1. The van der Waals surface area contributed by atoms with Gasteiger partial charge in [-0.25, -0.2) is 4.98 Å². The van der Waals surface area contributed by atoms with Crippen LogP contribution in [0.5, 0.6) is 0 Å². The van der Waals surface area contributed by atoms with Crippen LogP contribution in [-0.2, 0) is 9.53 Å². The Bertz CT molecular complexity index is 685. The van der Waals surface area contributed by atoms with E-state index in [4.69, 9.17) is 10.5 Å². The lowest BCUT2D eigenvalue weighted by Crippen LogP contribution is -2.46. The predicted molar refractivity (Wildman–Crippen MR) is 83.3 cm³/mol. The van der Waals surface area contributed by atoms with Gasteiger partial charge in [0.15, 0.2) is 5.16 Å². The van der Waals surface area contributed by atoms with E-state index in [0.29, 0.717) is 12.8 Å². The normalized spacial score (nSPS) is 25.4. The number of carbonyl (C=O) groups is 1. The average molecular weight is 305 g/mol. The largest absolute Gasteiger partial charge is 0.468 e. The Balaban J connectivity index is 1.73. The number of H-pyrrole nitrogens is 1. The van der Waals surface area contributed by atoms with E-state index < -0.39 is 5.54 Å². The standard InChI is InChI=1S/C15H19N3O2S/c1-9-3-4-11-12(7-9)18-14(17-11)21-10-5-6-15(16,8-10)13(19)20-2/h3-4,7,10H,5-6,8,16H2,1-2H3,(H,17,18). The Morgan fingerprint density at radius 2 is 2.38 bits per heavy atom. The van der Waals surface area contributed by atoms with Crippen LogP contribution in [0, 0.1) is 6.92 Å². The monoisotopic (exact) mass is 305 g/mol. The number of carbonyl (C=O) groups excluding carboxylic acids is 1. The van der Waals surface area contributed by atoms with Gasteiger partial charge in [-0.2, -0.15) is 0 Å². The maximum absolute atomic E-state index is 11.7. The van der Waals surface area contributed by atoms with Crippen molar-refractivity contribution in [3.05, 3.63) is 23.8 Å². The van der Waals surface area contributed by atoms with Gasteiger partial charge in [0.2, 0.25) is 0 Å². The van der Waals surface area contributed by atoms with Crippen LogP contribution >= 0.6 is 11.8 Å². The molecule has 0 spiro atoms. The van der Waals surface area contributed by atoms with E-state index in [1.807, 2.05) is 6.07 Å². The van der Waals surface area contributed by atoms with Crippen molar-refractivity contribution in [1.29, 1.82) is 0 Å². The van der Waals surface area contributed by atoms with Gasteiger partial charge in [-0.3, -0.25) is 4.79 Å². The number of nitrogens with zero attached hydrogens (tertiary/aromatic N) is 1. The predicted octanol–water partition coefficient (Wildman–Crippen LogP) is 2.39. The molecule has 2 atom stereocenters. The Kier molecular flexibility index (Phi) is 3.67. The topological polar surface area (TPSA) is 81.0 Å². The SMILES string of the molecule is COC(=O)C1(N)CCC(Sc2nc3ccc(C)cc3[nH]2)C1. The van der Waals surface area contributed by atoms with Crippen molar-refractivity contribution in [3.8, 4) is 0 Å². The molecule has 0 bridgehead atoms. The highest BCUT2D eigenvalue weighted by Gasteiger charge is 2.43. The fourth-order valence-electron chi connectivity index (χ4n) is 2.83. The minimum absolute atomic E-state index is 0.288. The number of ether oxygens (including phenoxy) is 1. The Labute approximate surface area is 127 Å². The molecule has 1 fully saturated rings. The van der Waals surface area contributed by atoms with Crippen LogP contribution in [0.3, 0.4) is 0 Å². The average Bonchev–Trinajstić information content (AvgIpc) is 3.02. The molecule has 3 N–H and O–H groups in total. The third-order valence-electron chi connectivity index (χ3n) is 3.99. The minimum atomic E-state index is -0.838. The van der Waals surface area contributed by atoms with Gasteiger partial charge >= 0.3 is 5.97 Å². The summed E-state index contributed by atoms with van der Waals surface area (Å²) in [7, 11) is 1.39. The molecular weight excluding hydrogens is 286 g/mol. The summed E-state index contributed by atoms with van der Waals surface area (Å²) in [6, 6.07) is 6.15. The van der Waals surface area contributed by atoms with E-state index in [0.717, 1.165) is 22.6 Å². The maximum atomic E-state index is 11.7. The zero-order chi connectivity index (χ0) is 15.0. The first-order chi connectivity index (χ1) is 10.00. The molecule has 1 aromatic carbocycles. The zero-order valence-electron chi connectivity index (χ0n) is 12.2. The fourth-order valence-corrected chi connectivity index (χ4v) is 4.08. The second kappa shape index (κ2) is 5.35. The van der Waals surface area contributed by atoms with Crippen molar-refractivity contribution >= 4 is 28.8 Å². The summed E-state index contributed by atoms with van der Waals surface area (Å²) in [5, 5.41) is 1.17. The second-order valence-electron chi connectivity index (χ2n) is 5.69. The van der Waals surface area contributed by atoms with Gasteiger partial charge in [0, 0.05) is 5.25 Å². The lowest BCUT2D eigenvalue weighted by molar-refractivity contribution is -0.146. The number of benzene rings is 1. The number of esters is 1. The van der Waals surface area contributed by atoms with Crippen LogP contribution in [0.4, 0.5) is 0 Å². The molecule has 0 radical (unpaired) electrons. The number of hydrogen-bond donors (Lipinski definition) is 2. The number of hydrogen-bond acceptors (Lipinski definition) is 5. The molecule has 1 aromatic heterocycles. The molecule has 2 aromatic rings. The molecular formula is C15H19N3O2S. The summed E-state index contributed by atoms with van der Waals surface area (Å²) in [6.07, 6.45) is 2.18. The molecule has 1 aliphatic carbocycles. The first-order valence-electron chi connectivity index (χ1n) is 7.00. The van der Waals surface area contributed by atoms with Gasteiger partial charge in [0.25, 0.3) is 0 Å². The van der Waals surface area contributed by atoms with Crippen LogP contribution in [0.15, 0.2) is 23.4 Å². The number of nitrogens with one attached hydrogen (secondary N) is 1. The lowest BCUT2D eigenvalue weighted by atomic mass is 10.00. The summed E-state index contributed by atoms with van der Waals surface area (Å²) < 4.78 is 4.80. The zero-order valence-corrected chi connectivity index (χ0v) is 13.0. The van der Waals surface area contributed by atoms with E-state index in [1.54, 1.807) is 11.8 Å². The summed E-state index contributed by atoms with van der Waals surface area (Å²) >= 11 is 1.66. The molecule has 0 aliphatic heterocycles. The van der Waals surface area contributed by atoms with Gasteiger partial charge in [-0.05, 0) is 43.9 Å². The van der Waals surface area contributed by atoms with Gasteiger partial charge in [-0.15, -0.1) is 0 Å². The van der Waals surface area contributed by atoms with Gasteiger partial charge in [-0.1, -0.05) is 17.8 Å². The van der Waals surface area contributed by atoms with Crippen molar-refractivity contribution in [2.75, 3.05) is 7.11 Å². The molecule has 0 saturated heterocycles. The van der Waals surface area contributed by atoms with Crippen molar-refractivity contribution in [2.45, 2.75) is 42.1 Å². The number of imidazole rings is 1. The molecule has 5 nitrogen and oxygen atoms in total. The summed E-state index contributed by atoms with van der Waals surface area (Å²) in [6.45, 7) is 2.06. The highest BCUT2D eigenvalue weighted by molar-refractivity contribution is 7.99.